The predicted octanol–water partition coefficient (Wildman–Crippen LogP) is 2.75. The summed E-state index contributed by atoms with van der Waals surface area (Å²) in [7, 11) is 1.67. The highest BCUT2D eigenvalue weighted by atomic mass is 19.1. The number of carbonyl (C=O) groups excluding carboxylic acids is 1. The van der Waals surface area contributed by atoms with Gasteiger partial charge in [0.15, 0.2) is 0 Å². The maximum Gasteiger partial charge on any atom is 0.414 e. The minimum Gasteiger partial charge on any atom is -0.443 e. The predicted molar refractivity (Wildman–Crippen MR) is 113 cm³/mol. The van der Waals surface area contributed by atoms with E-state index in [1.165, 1.54) is 15.8 Å². The van der Waals surface area contributed by atoms with Gasteiger partial charge in [0, 0.05) is 23.9 Å². The van der Waals surface area contributed by atoms with Crippen molar-refractivity contribution in [2.24, 2.45) is 7.05 Å². The third-order valence-corrected chi connectivity index (χ3v) is 5.31. The molecule has 31 heavy (non-hydrogen) atoms. The molecule has 1 amide bonds. The number of halogens is 1. The van der Waals surface area contributed by atoms with Crippen LogP contribution in [0.1, 0.15) is 13.8 Å². The number of likely N-dealkylation sites (N-methyl/N-ethyl adjacent to an activating group) is 1. The Morgan fingerprint density at radius 1 is 1.23 bits per heavy atom. The van der Waals surface area contributed by atoms with Crippen LogP contribution in [-0.2, 0) is 11.8 Å². The van der Waals surface area contributed by atoms with E-state index in [-0.39, 0.29) is 6.10 Å². The van der Waals surface area contributed by atoms with Crippen molar-refractivity contribution in [1.82, 2.24) is 30.1 Å². The lowest BCUT2D eigenvalue weighted by Gasteiger charge is -2.21. The zero-order valence-electron chi connectivity index (χ0n) is 17.7. The summed E-state index contributed by atoms with van der Waals surface area (Å²) in [6.45, 7) is 6.96. The first-order valence-corrected chi connectivity index (χ1v) is 10.2. The number of ether oxygens (including phenoxy) is 1. The number of benzene rings is 1. The fourth-order valence-electron chi connectivity index (χ4n) is 3.58. The van der Waals surface area contributed by atoms with Crippen LogP contribution in [0.2, 0.25) is 0 Å². The van der Waals surface area contributed by atoms with Crippen molar-refractivity contribution in [3.05, 3.63) is 42.3 Å². The minimum absolute atomic E-state index is 0.235. The molecule has 0 spiro atoms. The van der Waals surface area contributed by atoms with Crippen LogP contribution in [0.4, 0.5) is 14.9 Å². The maximum atomic E-state index is 14.9. The van der Waals surface area contributed by atoms with Crippen LogP contribution in [0.5, 0.6) is 0 Å². The zero-order chi connectivity index (χ0) is 22.0. The number of anilines is 1. The molecule has 1 unspecified atom stereocenters. The number of nitrogens with zero attached hydrogens (tertiary/aromatic N) is 7. The van der Waals surface area contributed by atoms with Gasteiger partial charge in [-0.15, -0.1) is 10.2 Å². The fourth-order valence-corrected chi connectivity index (χ4v) is 3.58. The van der Waals surface area contributed by atoms with Crippen LogP contribution >= 0.6 is 0 Å². The average molecular weight is 425 g/mol. The second-order valence-electron chi connectivity index (χ2n) is 7.30. The fraction of sp³-hybridized carbons (Fsp3) is 0.381. The zero-order valence-corrected chi connectivity index (χ0v) is 17.7. The molecule has 1 aliphatic heterocycles. The molecule has 1 aromatic carbocycles. The first-order chi connectivity index (χ1) is 15.0. The molecule has 10 heteroatoms. The first-order valence-electron chi connectivity index (χ1n) is 10.2. The standard InChI is InChI=1S/C21H24FN7O2/c1-4-28(5-2)12-16-13-29(21(30)31-16)15-7-8-17(18(22)10-15)14-6-9-19(23-11-14)20-24-26-27(3)25-20/h6-11,16H,4-5,12-13H2,1-3H3. The molecule has 1 fully saturated rings. The second-order valence-corrected chi connectivity index (χ2v) is 7.30. The highest BCUT2D eigenvalue weighted by Gasteiger charge is 2.33. The first kappa shape index (κ1) is 20.9. The topological polar surface area (TPSA) is 89.3 Å². The van der Waals surface area contributed by atoms with Crippen molar-refractivity contribution in [2.75, 3.05) is 31.1 Å². The number of aryl methyl sites for hydroxylation is 1. The van der Waals surface area contributed by atoms with Gasteiger partial charge in [0.25, 0.3) is 0 Å². The second kappa shape index (κ2) is 8.76. The Kier molecular flexibility index (Phi) is 5.90. The molecule has 0 aliphatic carbocycles. The number of hydrogen-bond donors (Lipinski definition) is 0. The van der Waals surface area contributed by atoms with Gasteiger partial charge in [-0.05, 0) is 42.6 Å². The Labute approximate surface area is 179 Å². The number of pyridine rings is 1. The van der Waals surface area contributed by atoms with Gasteiger partial charge in [-0.2, -0.15) is 4.80 Å². The molecule has 0 saturated carbocycles. The number of tetrazole rings is 1. The summed E-state index contributed by atoms with van der Waals surface area (Å²) >= 11 is 0. The third-order valence-electron chi connectivity index (χ3n) is 5.31. The van der Waals surface area contributed by atoms with Crippen molar-refractivity contribution >= 4 is 11.8 Å². The SMILES string of the molecule is CCN(CC)CC1CN(c2ccc(-c3ccc(-c4nnn(C)n4)nc3)c(F)c2)C(=O)O1. The summed E-state index contributed by atoms with van der Waals surface area (Å²) in [4.78, 5) is 21.6. The van der Waals surface area contributed by atoms with Crippen molar-refractivity contribution < 1.29 is 13.9 Å². The maximum absolute atomic E-state index is 14.9. The summed E-state index contributed by atoms with van der Waals surface area (Å²) < 4.78 is 20.4. The molecule has 1 saturated heterocycles. The van der Waals surface area contributed by atoms with Crippen LogP contribution in [0, 0.1) is 5.82 Å². The molecular weight excluding hydrogens is 401 g/mol. The third kappa shape index (κ3) is 4.38. The van der Waals surface area contributed by atoms with Gasteiger partial charge in [-0.3, -0.25) is 9.88 Å². The number of amides is 1. The largest absolute Gasteiger partial charge is 0.443 e. The highest BCUT2D eigenvalue weighted by Crippen LogP contribution is 2.29. The summed E-state index contributed by atoms with van der Waals surface area (Å²) in [5.74, 6) is -0.0404. The Morgan fingerprint density at radius 3 is 2.65 bits per heavy atom. The van der Waals surface area contributed by atoms with E-state index in [1.807, 2.05) is 0 Å². The number of rotatable bonds is 7. The van der Waals surface area contributed by atoms with Crippen molar-refractivity contribution in [3.8, 4) is 22.6 Å². The van der Waals surface area contributed by atoms with E-state index < -0.39 is 11.9 Å². The van der Waals surface area contributed by atoms with Crippen LogP contribution in [0.25, 0.3) is 22.6 Å². The molecule has 2 aromatic heterocycles. The lowest BCUT2D eigenvalue weighted by Crippen LogP contribution is -2.34. The van der Waals surface area contributed by atoms with E-state index in [0.717, 1.165) is 13.1 Å². The smallest absolute Gasteiger partial charge is 0.414 e. The summed E-state index contributed by atoms with van der Waals surface area (Å²) in [5.41, 5.74) is 2.02. The summed E-state index contributed by atoms with van der Waals surface area (Å²) in [5, 5.41) is 11.8. The number of carbonyl (C=O) groups is 1. The van der Waals surface area contributed by atoms with Gasteiger partial charge >= 0.3 is 6.09 Å². The Balaban J connectivity index is 1.50. The lowest BCUT2D eigenvalue weighted by atomic mass is 10.1. The highest BCUT2D eigenvalue weighted by molar-refractivity contribution is 5.90. The van der Waals surface area contributed by atoms with E-state index in [1.54, 1.807) is 37.5 Å². The van der Waals surface area contributed by atoms with Crippen LogP contribution in [0.15, 0.2) is 36.5 Å². The molecule has 0 bridgehead atoms. The van der Waals surface area contributed by atoms with E-state index >= 15 is 0 Å². The van der Waals surface area contributed by atoms with Crippen molar-refractivity contribution in [1.29, 1.82) is 0 Å². The molecule has 3 heterocycles. The normalized spacial score (nSPS) is 16.2. The number of hydrogen-bond acceptors (Lipinski definition) is 7. The quantitative estimate of drug-likeness (QED) is 0.575. The average Bonchev–Trinajstić information content (AvgIpc) is 3.37. The van der Waals surface area contributed by atoms with Crippen LogP contribution in [-0.4, -0.2) is 68.5 Å². The van der Waals surface area contributed by atoms with Gasteiger partial charge in [-0.1, -0.05) is 19.9 Å². The van der Waals surface area contributed by atoms with E-state index in [9.17, 15) is 9.18 Å². The van der Waals surface area contributed by atoms with E-state index in [0.29, 0.717) is 41.4 Å². The molecule has 1 aliphatic rings. The molecule has 3 aromatic rings. The van der Waals surface area contributed by atoms with Gasteiger partial charge < -0.3 is 9.64 Å². The Bertz CT molecular complexity index is 1070. The molecule has 162 valence electrons. The lowest BCUT2D eigenvalue weighted by molar-refractivity contribution is 0.112. The van der Waals surface area contributed by atoms with Gasteiger partial charge in [0.2, 0.25) is 5.82 Å². The molecule has 1 atom stereocenters. The van der Waals surface area contributed by atoms with Crippen molar-refractivity contribution in [3.63, 3.8) is 0 Å². The monoisotopic (exact) mass is 425 g/mol. The molecule has 4 rings (SSSR count). The summed E-state index contributed by atoms with van der Waals surface area (Å²) in [6, 6.07) is 8.19. The minimum atomic E-state index is -0.452. The van der Waals surface area contributed by atoms with E-state index in [4.69, 9.17) is 4.74 Å². The van der Waals surface area contributed by atoms with E-state index in [2.05, 4.69) is 39.1 Å². The van der Waals surface area contributed by atoms with Crippen molar-refractivity contribution in [2.45, 2.75) is 20.0 Å². The Morgan fingerprint density at radius 2 is 2.03 bits per heavy atom. The Hall–Kier alpha value is -3.40. The molecule has 9 nitrogen and oxygen atoms in total. The summed E-state index contributed by atoms with van der Waals surface area (Å²) in [6.07, 6.45) is 0.877. The number of cyclic esters (lactones) is 1. The van der Waals surface area contributed by atoms with Gasteiger partial charge in [0.1, 0.15) is 17.6 Å². The molecule has 0 radical (unpaired) electrons. The van der Waals surface area contributed by atoms with Crippen LogP contribution < -0.4 is 4.90 Å². The van der Waals surface area contributed by atoms with Gasteiger partial charge in [0.05, 0.1) is 19.3 Å². The molecular formula is C21H24FN7O2. The van der Waals surface area contributed by atoms with Gasteiger partial charge in [-0.25, -0.2) is 9.18 Å². The van der Waals surface area contributed by atoms with Crippen LogP contribution in [0.3, 0.4) is 0 Å². The molecule has 0 N–H and O–H groups in total. The number of aromatic nitrogens is 5.